The van der Waals surface area contributed by atoms with Gasteiger partial charge in [-0.2, -0.15) is 5.26 Å². The first-order chi connectivity index (χ1) is 5.24. The number of allylic oxidation sites excluding steroid dienone is 1. The van der Waals surface area contributed by atoms with Crippen LogP contribution in [0.15, 0.2) is 24.2 Å². The predicted octanol–water partition coefficient (Wildman–Crippen LogP) is 0.0561. The Labute approximate surface area is 64.2 Å². The zero-order chi connectivity index (χ0) is 8.27. The molecule has 1 aliphatic rings. The van der Waals surface area contributed by atoms with Crippen LogP contribution in [0.3, 0.4) is 0 Å². The predicted molar refractivity (Wildman–Crippen MR) is 38.5 cm³/mol. The zero-order valence-electron chi connectivity index (χ0n) is 5.82. The molecule has 0 unspecified atom stereocenters. The minimum atomic E-state index is -0.0665. The summed E-state index contributed by atoms with van der Waals surface area (Å²) in [5.41, 5.74) is 5.22. The number of amides is 1. The van der Waals surface area contributed by atoms with Gasteiger partial charge in [0, 0.05) is 18.8 Å². The van der Waals surface area contributed by atoms with E-state index in [1.54, 1.807) is 18.3 Å². The minimum absolute atomic E-state index is 0.0323. The summed E-state index contributed by atoms with van der Waals surface area (Å²) in [6, 6.07) is 1.72. The SMILES string of the molecule is N#C/C(N)=C\N1C=CCC1=O. The summed E-state index contributed by atoms with van der Waals surface area (Å²) in [5.74, 6) is -0.0665. The van der Waals surface area contributed by atoms with Crippen molar-refractivity contribution in [2.24, 2.45) is 5.73 Å². The van der Waals surface area contributed by atoms with E-state index in [1.165, 1.54) is 11.1 Å². The first-order valence-corrected chi connectivity index (χ1v) is 3.09. The second-order valence-corrected chi connectivity index (χ2v) is 2.09. The molecule has 4 heteroatoms. The Morgan fingerprint density at radius 3 is 3.09 bits per heavy atom. The van der Waals surface area contributed by atoms with Crippen LogP contribution >= 0.6 is 0 Å². The zero-order valence-corrected chi connectivity index (χ0v) is 5.82. The molecule has 2 N–H and O–H groups in total. The Kier molecular flexibility index (Phi) is 1.93. The molecular weight excluding hydrogens is 142 g/mol. The maximum absolute atomic E-state index is 10.9. The molecule has 1 aliphatic heterocycles. The van der Waals surface area contributed by atoms with Crippen LogP contribution in [0.25, 0.3) is 0 Å². The number of hydrogen-bond donors (Lipinski definition) is 1. The number of carbonyl (C=O) groups is 1. The van der Waals surface area contributed by atoms with Crippen molar-refractivity contribution in [3.8, 4) is 6.07 Å². The third-order valence-corrected chi connectivity index (χ3v) is 1.25. The molecule has 1 heterocycles. The van der Waals surface area contributed by atoms with Gasteiger partial charge >= 0.3 is 0 Å². The monoisotopic (exact) mass is 149 g/mol. The largest absolute Gasteiger partial charge is 0.389 e. The van der Waals surface area contributed by atoms with Crippen molar-refractivity contribution in [2.45, 2.75) is 6.42 Å². The molecule has 0 aromatic carbocycles. The van der Waals surface area contributed by atoms with E-state index < -0.39 is 0 Å². The lowest BCUT2D eigenvalue weighted by Gasteiger charge is -2.05. The van der Waals surface area contributed by atoms with Crippen molar-refractivity contribution in [1.82, 2.24) is 4.90 Å². The molecule has 56 valence electrons. The minimum Gasteiger partial charge on any atom is -0.389 e. The third-order valence-electron chi connectivity index (χ3n) is 1.25. The summed E-state index contributed by atoms with van der Waals surface area (Å²) >= 11 is 0. The lowest BCUT2D eigenvalue weighted by Crippen LogP contribution is -2.15. The molecule has 0 spiro atoms. The smallest absolute Gasteiger partial charge is 0.234 e. The van der Waals surface area contributed by atoms with Crippen LogP contribution in [0, 0.1) is 11.3 Å². The van der Waals surface area contributed by atoms with Gasteiger partial charge in [-0.15, -0.1) is 0 Å². The first kappa shape index (κ1) is 7.35. The Balaban J connectivity index is 2.71. The van der Waals surface area contributed by atoms with Crippen LogP contribution in [-0.4, -0.2) is 10.8 Å². The fraction of sp³-hybridized carbons (Fsp3) is 0.143. The second kappa shape index (κ2) is 2.88. The molecule has 1 amide bonds. The van der Waals surface area contributed by atoms with Crippen LogP contribution in [-0.2, 0) is 4.79 Å². The molecule has 0 fully saturated rings. The summed E-state index contributed by atoms with van der Waals surface area (Å²) in [7, 11) is 0. The highest BCUT2D eigenvalue weighted by Gasteiger charge is 2.11. The van der Waals surface area contributed by atoms with Gasteiger partial charge in [0.15, 0.2) is 0 Å². The lowest BCUT2D eigenvalue weighted by atomic mass is 10.4. The summed E-state index contributed by atoms with van der Waals surface area (Å²) in [4.78, 5) is 12.2. The van der Waals surface area contributed by atoms with Gasteiger partial charge in [0.25, 0.3) is 0 Å². The van der Waals surface area contributed by atoms with Crippen molar-refractivity contribution in [3.63, 3.8) is 0 Å². The molecule has 0 atom stereocenters. The van der Waals surface area contributed by atoms with E-state index in [-0.39, 0.29) is 11.6 Å². The quantitative estimate of drug-likeness (QED) is 0.536. The highest BCUT2D eigenvalue weighted by Crippen LogP contribution is 2.06. The molecule has 0 aromatic heterocycles. The highest BCUT2D eigenvalue weighted by atomic mass is 16.2. The number of rotatable bonds is 1. The average molecular weight is 149 g/mol. The van der Waals surface area contributed by atoms with Crippen LogP contribution < -0.4 is 5.73 Å². The van der Waals surface area contributed by atoms with Gasteiger partial charge in [-0.05, 0) is 0 Å². The number of nitrogens with two attached hydrogens (primary N) is 1. The second-order valence-electron chi connectivity index (χ2n) is 2.09. The van der Waals surface area contributed by atoms with E-state index in [4.69, 9.17) is 11.0 Å². The molecule has 4 nitrogen and oxygen atoms in total. The first-order valence-electron chi connectivity index (χ1n) is 3.09. The molecule has 11 heavy (non-hydrogen) atoms. The van der Waals surface area contributed by atoms with E-state index in [1.807, 2.05) is 0 Å². The normalized spacial score (nSPS) is 17.2. The standard InChI is InChI=1S/C7H7N3O/c8-4-6(9)5-10-3-1-2-7(10)11/h1,3,5H,2,9H2/b6-5+. The molecule has 0 bridgehead atoms. The Bertz CT molecular complexity index is 272. The van der Waals surface area contributed by atoms with Gasteiger partial charge in [-0.1, -0.05) is 6.08 Å². The number of carbonyl (C=O) groups excluding carboxylic acids is 1. The number of hydrogen-bond acceptors (Lipinski definition) is 3. The van der Waals surface area contributed by atoms with E-state index in [2.05, 4.69) is 0 Å². The van der Waals surface area contributed by atoms with Crippen LogP contribution in [0.1, 0.15) is 6.42 Å². The molecule has 0 radical (unpaired) electrons. The molecule has 0 saturated carbocycles. The van der Waals surface area contributed by atoms with Gasteiger partial charge in [0.2, 0.25) is 5.91 Å². The fourth-order valence-corrected chi connectivity index (χ4v) is 0.749. The third kappa shape index (κ3) is 1.58. The molecule has 0 aromatic rings. The van der Waals surface area contributed by atoms with Crippen molar-refractivity contribution in [3.05, 3.63) is 24.2 Å². The number of nitrogens with zero attached hydrogens (tertiary/aromatic N) is 2. The van der Waals surface area contributed by atoms with Crippen molar-refractivity contribution >= 4 is 5.91 Å². The molecule has 0 saturated heterocycles. The maximum atomic E-state index is 10.9. The van der Waals surface area contributed by atoms with E-state index >= 15 is 0 Å². The van der Waals surface area contributed by atoms with Crippen molar-refractivity contribution in [1.29, 1.82) is 5.26 Å². The molecule has 1 rings (SSSR count). The van der Waals surface area contributed by atoms with E-state index in [0.717, 1.165) is 0 Å². The van der Waals surface area contributed by atoms with Gasteiger partial charge < -0.3 is 5.73 Å². The van der Waals surface area contributed by atoms with Gasteiger partial charge in [-0.3, -0.25) is 9.69 Å². The molecular formula is C7H7N3O. The average Bonchev–Trinajstić information content (AvgIpc) is 2.37. The van der Waals surface area contributed by atoms with Crippen LogP contribution in [0.4, 0.5) is 0 Å². The van der Waals surface area contributed by atoms with E-state index in [0.29, 0.717) is 6.42 Å². The Morgan fingerprint density at radius 2 is 2.64 bits per heavy atom. The van der Waals surface area contributed by atoms with Crippen molar-refractivity contribution < 1.29 is 4.79 Å². The summed E-state index contributed by atoms with van der Waals surface area (Å²) in [6.45, 7) is 0. The van der Waals surface area contributed by atoms with Crippen LogP contribution in [0.2, 0.25) is 0 Å². The summed E-state index contributed by atoms with van der Waals surface area (Å²) in [6.07, 6.45) is 5.00. The molecule has 0 aliphatic carbocycles. The van der Waals surface area contributed by atoms with Crippen LogP contribution in [0.5, 0.6) is 0 Å². The van der Waals surface area contributed by atoms with Gasteiger partial charge in [0.05, 0.1) is 0 Å². The Hall–Kier alpha value is -1.76. The fourth-order valence-electron chi connectivity index (χ4n) is 0.749. The van der Waals surface area contributed by atoms with Gasteiger partial charge in [-0.25, -0.2) is 0 Å². The maximum Gasteiger partial charge on any atom is 0.234 e. The lowest BCUT2D eigenvalue weighted by molar-refractivity contribution is -0.124. The summed E-state index contributed by atoms with van der Waals surface area (Å²) in [5, 5.41) is 8.28. The van der Waals surface area contributed by atoms with Crippen molar-refractivity contribution in [2.75, 3.05) is 0 Å². The summed E-state index contributed by atoms with van der Waals surface area (Å²) < 4.78 is 0. The number of nitriles is 1. The topological polar surface area (TPSA) is 70.1 Å². The van der Waals surface area contributed by atoms with Gasteiger partial charge in [0.1, 0.15) is 11.8 Å². The Morgan fingerprint density at radius 1 is 1.91 bits per heavy atom. The highest BCUT2D eigenvalue weighted by molar-refractivity contribution is 5.82. The van der Waals surface area contributed by atoms with E-state index in [9.17, 15) is 4.79 Å².